The Morgan fingerprint density at radius 1 is 0.897 bits per heavy atom. The highest BCUT2D eigenvalue weighted by molar-refractivity contribution is 5.95. The number of hydrogen-bond donors (Lipinski definition) is 1. The van der Waals surface area contributed by atoms with Gasteiger partial charge in [-0.2, -0.15) is 18.3 Å². The van der Waals surface area contributed by atoms with Gasteiger partial charge >= 0.3 is 6.18 Å². The zero-order valence-electron chi connectivity index (χ0n) is 20.1. The number of aromatic hydroxyl groups is 1. The molecule has 0 unspecified atom stereocenters. The molecular formula is C29H17F6N3O. The normalized spacial score (nSPS) is 11.5. The standard InChI is InChI=1S/C29H17F6N3O/c1-16-8-11-26(39)25(36-16)10-9-17-4-2-5-18(12-17)28-20-6-3-7-22(29(33,34)35)27(20)37-38(28)15-21-23(31)13-19(30)14-24(21)32/h2-8,11-14,39H,15H2,1H3. The molecule has 4 nitrogen and oxygen atoms in total. The van der Waals surface area contributed by atoms with Crippen molar-refractivity contribution in [3.05, 3.63) is 112 Å². The zero-order chi connectivity index (χ0) is 27.9. The number of halogens is 6. The molecule has 2 heterocycles. The second-order valence-corrected chi connectivity index (χ2v) is 8.70. The van der Waals surface area contributed by atoms with E-state index in [-0.39, 0.29) is 22.5 Å². The molecule has 10 heteroatoms. The molecule has 0 saturated carbocycles. The van der Waals surface area contributed by atoms with E-state index in [0.717, 1.165) is 10.7 Å². The van der Waals surface area contributed by atoms with Crippen LogP contribution in [0.1, 0.15) is 28.1 Å². The van der Waals surface area contributed by atoms with Crippen molar-refractivity contribution in [2.75, 3.05) is 0 Å². The van der Waals surface area contributed by atoms with Crippen molar-refractivity contribution < 1.29 is 31.4 Å². The van der Waals surface area contributed by atoms with Crippen LogP contribution in [0.4, 0.5) is 26.3 Å². The third-order valence-electron chi connectivity index (χ3n) is 5.96. The molecule has 0 bridgehead atoms. The summed E-state index contributed by atoms with van der Waals surface area (Å²) in [5, 5.41) is 14.2. The van der Waals surface area contributed by atoms with Crippen molar-refractivity contribution in [2.45, 2.75) is 19.6 Å². The molecule has 39 heavy (non-hydrogen) atoms. The predicted octanol–water partition coefficient (Wildman–Crippen LogP) is 7.00. The minimum absolute atomic E-state index is 0.0934. The highest BCUT2D eigenvalue weighted by Crippen LogP contribution is 2.38. The summed E-state index contributed by atoms with van der Waals surface area (Å²) < 4.78 is 84.9. The Morgan fingerprint density at radius 3 is 2.33 bits per heavy atom. The summed E-state index contributed by atoms with van der Waals surface area (Å²) in [6.45, 7) is 1.13. The summed E-state index contributed by atoms with van der Waals surface area (Å²) in [6.07, 6.45) is -4.74. The fourth-order valence-electron chi connectivity index (χ4n) is 4.19. The smallest absolute Gasteiger partial charge is 0.418 e. The second kappa shape index (κ2) is 9.83. The van der Waals surface area contributed by atoms with Gasteiger partial charge in [0.05, 0.1) is 17.8 Å². The van der Waals surface area contributed by atoms with Gasteiger partial charge in [-0.05, 0) is 43.2 Å². The molecule has 0 atom stereocenters. The van der Waals surface area contributed by atoms with E-state index in [1.54, 1.807) is 37.3 Å². The quantitative estimate of drug-likeness (QED) is 0.199. The molecule has 0 radical (unpaired) electrons. The molecule has 0 aliphatic heterocycles. The Morgan fingerprint density at radius 2 is 1.62 bits per heavy atom. The average Bonchev–Trinajstić information content (AvgIpc) is 3.24. The van der Waals surface area contributed by atoms with Crippen molar-refractivity contribution in [1.29, 1.82) is 0 Å². The molecular weight excluding hydrogens is 520 g/mol. The van der Waals surface area contributed by atoms with Crippen LogP contribution in [-0.2, 0) is 12.7 Å². The number of pyridine rings is 1. The second-order valence-electron chi connectivity index (χ2n) is 8.70. The number of fused-ring (bicyclic) bond motifs is 1. The summed E-state index contributed by atoms with van der Waals surface area (Å²) in [7, 11) is 0. The fraction of sp³-hybridized carbons (Fsp3) is 0.103. The van der Waals surface area contributed by atoms with Crippen LogP contribution in [0.3, 0.4) is 0 Å². The summed E-state index contributed by atoms with van der Waals surface area (Å²) in [5.41, 5.74) is -0.245. The fourth-order valence-corrected chi connectivity index (χ4v) is 4.19. The molecule has 0 saturated heterocycles. The molecule has 0 aliphatic rings. The maximum absolute atomic E-state index is 14.5. The molecule has 0 spiro atoms. The van der Waals surface area contributed by atoms with Gasteiger partial charge in [-0.1, -0.05) is 30.2 Å². The number of aryl methyl sites for hydroxylation is 1. The molecule has 2 aromatic heterocycles. The maximum atomic E-state index is 14.5. The van der Waals surface area contributed by atoms with Gasteiger partial charge in [0.15, 0.2) is 5.69 Å². The number of benzene rings is 3. The van der Waals surface area contributed by atoms with E-state index in [4.69, 9.17) is 0 Å². The van der Waals surface area contributed by atoms with Gasteiger partial charge in [0, 0.05) is 39.9 Å². The highest BCUT2D eigenvalue weighted by Gasteiger charge is 2.34. The average molecular weight is 537 g/mol. The molecule has 1 N–H and O–H groups in total. The van der Waals surface area contributed by atoms with Crippen molar-refractivity contribution in [3.63, 3.8) is 0 Å². The SMILES string of the molecule is Cc1ccc(O)c(C#Cc2cccc(-c3c4cccc(C(F)(F)F)c4nn3Cc3c(F)cc(F)cc3F)c2)n1. The number of nitrogens with zero attached hydrogens (tertiary/aromatic N) is 3. The molecule has 5 rings (SSSR count). The third kappa shape index (κ3) is 5.16. The molecule has 5 aromatic rings. The van der Waals surface area contributed by atoms with Crippen LogP contribution >= 0.6 is 0 Å². The van der Waals surface area contributed by atoms with Crippen molar-refractivity contribution in [3.8, 4) is 28.8 Å². The molecule has 0 aliphatic carbocycles. The Labute approximate surface area is 218 Å². The Kier molecular flexibility index (Phi) is 6.52. The van der Waals surface area contributed by atoms with Gasteiger partial charge in [-0.3, -0.25) is 4.68 Å². The summed E-state index contributed by atoms with van der Waals surface area (Å²) in [4.78, 5) is 4.18. The van der Waals surface area contributed by atoms with Crippen molar-refractivity contribution in [1.82, 2.24) is 14.8 Å². The van der Waals surface area contributed by atoms with Crippen molar-refractivity contribution >= 4 is 10.9 Å². The monoisotopic (exact) mass is 537 g/mol. The number of aromatic nitrogens is 3. The van der Waals surface area contributed by atoms with Gasteiger partial charge in [-0.15, -0.1) is 0 Å². The predicted molar refractivity (Wildman–Crippen MR) is 132 cm³/mol. The van der Waals surface area contributed by atoms with E-state index < -0.39 is 46.8 Å². The minimum atomic E-state index is -4.74. The zero-order valence-corrected chi connectivity index (χ0v) is 20.1. The Hall–Kier alpha value is -4.78. The largest absolute Gasteiger partial charge is 0.505 e. The van der Waals surface area contributed by atoms with Crippen LogP contribution in [-0.4, -0.2) is 19.9 Å². The number of hydrogen-bond acceptors (Lipinski definition) is 3. The van der Waals surface area contributed by atoms with Gasteiger partial charge in [0.25, 0.3) is 0 Å². The third-order valence-corrected chi connectivity index (χ3v) is 5.96. The van der Waals surface area contributed by atoms with Crippen LogP contribution in [0, 0.1) is 36.2 Å². The first-order valence-corrected chi connectivity index (χ1v) is 11.5. The van der Waals surface area contributed by atoms with Crippen molar-refractivity contribution in [2.24, 2.45) is 0 Å². The Bertz CT molecular complexity index is 1770. The maximum Gasteiger partial charge on any atom is 0.418 e. The van der Waals surface area contributed by atoms with E-state index >= 15 is 0 Å². The van der Waals surface area contributed by atoms with Crippen LogP contribution in [0.15, 0.2) is 66.7 Å². The van der Waals surface area contributed by atoms with Gasteiger partial charge in [-0.25, -0.2) is 18.2 Å². The topological polar surface area (TPSA) is 50.9 Å². The lowest BCUT2D eigenvalue weighted by atomic mass is 10.0. The number of rotatable bonds is 3. The van der Waals surface area contributed by atoms with Gasteiger partial charge in [0.2, 0.25) is 0 Å². The van der Waals surface area contributed by atoms with Gasteiger partial charge in [0.1, 0.15) is 28.7 Å². The first kappa shape index (κ1) is 25.9. The first-order valence-electron chi connectivity index (χ1n) is 11.5. The summed E-state index contributed by atoms with van der Waals surface area (Å²) in [5.74, 6) is 2.00. The Balaban J connectivity index is 1.69. The van der Waals surface area contributed by atoms with E-state index in [9.17, 15) is 31.4 Å². The minimum Gasteiger partial charge on any atom is -0.505 e. The highest BCUT2D eigenvalue weighted by atomic mass is 19.4. The van der Waals surface area contributed by atoms with E-state index in [2.05, 4.69) is 21.9 Å². The summed E-state index contributed by atoms with van der Waals surface area (Å²) >= 11 is 0. The van der Waals surface area contributed by atoms with E-state index in [1.807, 2.05) is 0 Å². The van der Waals surface area contributed by atoms with Crippen LogP contribution < -0.4 is 0 Å². The van der Waals surface area contributed by atoms with Gasteiger partial charge < -0.3 is 5.11 Å². The molecule has 3 aromatic carbocycles. The van der Waals surface area contributed by atoms with E-state index in [0.29, 0.717) is 29.0 Å². The molecule has 0 amide bonds. The lowest BCUT2D eigenvalue weighted by molar-refractivity contribution is -0.136. The first-order chi connectivity index (χ1) is 18.5. The lowest BCUT2D eigenvalue weighted by Crippen LogP contribution is -2.09. The van der Waals surface area contributed by atoms with E-state index in [1.165, 1.54) is 18.2 Å². The van der Waals surface area contributed by atoms with Crippen LogP contribution in [0.25, 0.3) is 22.2 Å². The molecule has 0 fully saturated rings. The number of alkyl halides is 3. The lowest BCUT2D eigenvalue weighted by Gasteiger charge is -2.11. The van der Waals surface area contributed by atoms with Crippen LogP contribution in [0.2, 0.25) is 0 Å². The molecule has 196 valence electrons. The van der Waals surface area contributed by atoms with Crippen LogP contribution in [0.5, 0.6) is 5.75 Å². The summed E-state index contributed by atoms with van der Waals surface area (Å²) in [6, 6.07) is 14.0.